The molecule has 0 saturated heterocycles. The molecular weight excluding hydrogens is 786 g/mol. The van der Waals surface area contributed by atoms with E-state index in [4.69, 9.17) is 9.47 Å². The fourth-order valence-corrected chi connectivity index (χ4v) is 6.77. The fourth-order valence-electron chi connectivity index (χ4n) is 6.29. The lowest BCUT2D eigenvalue weighted by Crippen LogP contribution is -2.58. The first-order chi connectivity index (χ1) is 27.2. The Kier molecular flexibility index (Phi) is 14.9. The smallest absolute Gasteiger partial charge is 0.408 e. The first-order valence-electron chi connectivity index (χ1n) is 19.2. The Morgan fingerprint density at radius 1 is 0.684 bits per heavy atom. The fraction of sp³-hybridized carbons (Fsp3) is 0.333. The highest BCUT2D eigenvalue weighted by Gasteiger charge is 2.32. The van der Waals surface area contributed by atoms with Crippen molar-refractivity contribution in [2.45, 2.75) is 90.8 Å². The Morgan fingerprint density at radius 2 is 1.30 bits per heavy atom. The number of aromatic amines is 1. The molecule has 300 valence electrons. The summed E-state index contributed by atoms with van der Waals surface area (Å²) >= 11 is 3.58. The molecule has 0 aliphatic heterocycles. The van der Waals surface area contributed by atoms with Gasteiger partial charge in [0.1, 0.15) is 36.1 Å². The summed E-state index contributed by atoms with van der Waals surface area (Å²) in [5, 5.41) is 12.5. The van der Waals surface area contributed by atoms with Crippen molar-refractivity contribution in [1.82, 2.24) is 26.3 Å². The summed E-state index contributed by atoms with van der Waals surface area (Å²) in [6.07, 6.45) is 1.65. The van der Waals surface area contributed by atoms with Crippen LogP contribution in [0.25, 0.3) is 10.9 Å². The summed E-state index contributed by atoms with van der Waals surface area (Å²) in [6, 6.07) is 29.3. The van der Waals surface area contributed by atoms with Crippen LogP contribution in [0.15, 0.2) is 114 Å². The molecule has 11 nitrogen and oxygen atoms in total. The zero-order valence-electron chi connectivity index (χ0n) is 33.1. The van der Waals surface area contributed by atoms with Crippen LogP contribution in [-0.4, -0.2) is 52.5 Å². The largest absolute Gasteiger partial charge is 0.489 e. The first-order valence-corrected chi connectivity index (χ1v) is 20.0. The summed E-state index contributed by atoms with van der Waals surface area (Å²) in [6.45, 7) is 9.77. The van der Waals surface area contributed by atoms with Gasteiger partial charge in [-0.15, -0.1) is 0 Å². The minimum atomic E-state index is -1.09. The molecule has 5 rings (SSSR count). The van der Waals surface area contributed by atoms with E-state index in [1.165, 1.54) is 0 Å². The van der Waals surface area contributed by atoms with Crippen molar-refractivity contribution in [1.29, 1.82) is 0 Å². The Balaban J connectivity index is 1.34. The Morgan fingerprint density at radius 3 is 1.95 bits per heavy atom. The highest BCUT2D eigenvalue weighted by Crippen LogP contribution is 2.26. The van der Waals surface area contributed by atoms with E-state index in [2.05, 4.69) is 42.2 Å². The lowest BCUT2D eigenvalue weighted by atomic mass is 9.99. The van der Waals surface area contributed by atoms with E-state index in [1.54, 1.807) is 20.8 Å². The van der Waals surface area contributed by atoms with E-state index in [1.807, 2.05) is 123 Å². The molecule has 0 saturated carbocycles. The van der Waals surface area contributed by atoms with Crippen LogP contribution in [0.2, 0.25) is 0 Å². The van der Waals surface area contributed by atoms with Gasteiger partial charge in [0.25, 0.3) is 0 Å². The number of H-pyrrole nitrogens is 1. The van der Waals surface area contributed by atoms with Gasteiger partial charge in [-0.1, -0.05) is 98.8 Å². The molecule has 0 bridgehead atoms. The molecule has 12 heteroatoms. The highest BCUT2D eigenvalue weighted by molar-refractivity contribution is 9.10. The highest BCUT2D eigenvalue weighted by atomic mass is 79.9. The molecule has 0 spiro atoms. The number of alkyl carbamates (subject to hydrolysis) is 1. The number of benzene rings is 4. The summed E-state index contributed by atoms with van der Waals surface area (Å²) in [5.74, 6) is -0.809. The van der Waals surface area contributed by atoms with Gasteiger partial charge in [0.2, 0.25) is 17.7 Å². The molecule has 57 heavy (non-hydrogen) atoms. The number of rotatable bonds is 17. The van der Waals surface area contributed by atoms with Crippen molar-refractivity contribution in [2.75, 3.05) is 0 Å². The average molecular weight is 839 g/mol. The molecule has 5 N–H and O–H groups in total. The normalized spacial score (nSPS) is 13.0. The minimum absolute atomic E-state index is 0.00179. The summed E-state index contributed by atoms with van der Waals surface area (Å²) in [7, 11) is 0. The monoisotopic (exact) mass is 837 g/mol. The quantitative estimate of drug-likeness (QED) is 0.0654. The van der Waals surface area contributed by atoms with Gasteiger partial charge in [0.05, 0.1) is 5.52 Å². The maximum atomic E-state index is 14.2. The van der Waals surface area contributed by atoms with Gasteiger partial charge in [0, 0.05) is 35.4 Å². The van der Waals surface area contributed by atoms with Gasteiger partial charge >= 0.3 is 6.09 Å². The third-order valence-electron chi connectivity index (χ3n) is 9.08. The summed E-state index contributed by atoms with van der Waals surface area (Å²) in [4.78, 5) is 58.4. The van der Waals surface area contributed by atoms with Gasteiger partial charge in [-0.05, 0) is 89.5 Å². The van der Waals surface area contributed by atoms with Gasteiger partial charge in [-0.25, -0.2) is 4.79 Å². The van der Waals surface area contributed by atoms with E-state index in [-0.39, 0.29) is 37.6 Å². The molecule has 1 aromatic heterocycles. The number of fused-ring (bicyclic) bond motifs is 1. The Bertz CT molecular complexity index is 2100. The van der Waals surface area contributed by atoms with Crippen molar-refractivity contribution in [2.24, 2.45) is 5.92 Å². The van der Waals surface area contributed by atoms with E-state index in [0.29, 0.717) is 12.4 Å². The number of carbonyl (C=O) groups excluding carboxylic acids is 4. The van der Waals surface area contributed by atoms with Crippen LogP contribution in [0, 0.1) is 5.92 Å². The van der Waals surface area contributed by atoms with Crippen molar-refractivity contribution >= 4 is 50.6 Å². The second-order valence-electron chi connectivity index (χ2n) is 15.5. The number of ether oxygens (including phenoxy) is 2. The molecule has 0 aliphatic rings. The Hall–Kier alpha value is -5.62. The molecule has 4 aromatic carbocycles. The predicted octanol–water partition coefficient (Wildman–Crippen LogP) is 7.52. The molecule has 4 amide bonds. The van der Waals surface area contributed by atoms with E-state index < -0.39 is 41.6 Å². The lowest BCUT2D eigenvalue weighted by molar-refractivity contribution is -0.133. The molecule has 0 fully saturated rings. The Labute approximate surface area is 342 Å². The van der Waals surface area contributed by atoms with Crippen LogP contribution in [0.1, 0.15) is 63.3 Å². The van der Waals surface area contributed by atoms with Crippen molar-refractivity contribution < 1.29 is 28.7 Å². The number of carbonyl (C=O) groups is 4. The molecule has 0 radical (unpaired) electrons. The SMILES string of the molecule is CC(C)C[C@H](NC(=O)[C@H](Cc1ccc(OCc2ccccc2)cc1)NC(=O)OC(C)(C)C)C(=O)N[C@@H](Cc1c[nH]c2c(Br)cccc12)C(=O)NCc1ccccc1. The van der Waals surface area contributed by atoms with E-state index in [9.17, 15) is 19.2 Å². The number of aromatic nitrogens is 1. The van der Waals surface area contributed by atoms with E-state index in [0.717, 1.165) is 37.6 Å². The molecule has 1 heterocycles. The van der Waals surface area contributed by atoms with Gasteiger partial charge < -0.3 is 35.7 Å². The maximum Gasteiger partial charge on any atom is 0.408 e. The molecule has 5 aromatic rings. The van der Waals surface area contributed by atoms with Crippen LogP contribution >= 0.6 is 15.9 Å². The summed E-state index contributed by atoms with van der Waals surface area (Å²) < 4.78 is 12.3. The van der Waals surface area contributed by atoms with Gasteiger partial charge in [-0.3, -0.25) is 14.4 Å². The standard InChI is InChI=1S/C45H52BrN5O6/c1-29(2)23-37(42(53)50-39(41(52)48-26-31-13-8-6-9-14-31)25-33-27-47-40-35(33)17-12-18-36(40)46)49-43(54)38(51-44(55)57-45(3,4)5)24-30-19-21-34(22-20-30)56-28-32-15-10-7-11-16-32/h6-22,27,29,37-39,47H,23-26,28H2,1-5H3,(H,48,52)(H,49,54)(H,50,53)(H,51,55)/t37-,38-,39-/m0/s1. The number of hydrogen-bond acceptors (Lipinski definition) is 6. The second kappa shape index (κ2) is 20.0. The van der Waals surface area contributed by atoms with Gasteiger partial charge in [-0.2, -0.15) is 0 Å². The average Bonchev–Trinajstić information content (AvgIpc) is 3.59. The summed E-state index contributed by atoms with van der Waals surface area (Å²) in [5.41, 5.74) is 3.61. The van der Waals surface area contributed by atoms with Crippen LogP contribution < -0.4 is 26.0 Å². The van der Waals surface area contributed by atoms with E-state index >= 15 is 0 Å². The third-order valence-corrected chi connectivity index (χ3v) is 9.74. The second-order valence-corrected chi connectivity index (χ2v) is 16.3. The minimum Gasteiger partial charge on any atom is -0.489 e. The third kappa shape index (κ3) is 13.2. The lowest BCUT2D eigenvalue weighted by Gasteiger charge is -2.27. The van der Waals surface area contributed by atoms with Crippen LogP contribution in [-0.2, 0) is 45.1 Å². The number of para-hydroxylation sites is 1. The van der Waals surface area contributed by atoms with Gasteiger partial charge in [0.15, 0.2) is 0 Å². The predicted molar refractivity (Wildman–Crippen MR) is 225 cm³/mol. The van der Waals surface area contributed by atoms with Crippen molar-refractivity contribution in [3.63, 3.8) is 0 Å². The maximum absolute atomic E-state index is 14.2. The van der Waals surface area contributed by atoms with Crippen molar-refractivity contribution in [3.8, 4) is 5.75 Å². The zero-order valence-corrected chi connectivity index (χ0v) is 34.7. The van der Waals surface area contributed by atoms with Crippen LogP contribution in [0.3, 0.4) is 0 Å². The molecule has 3 atom stereocenters. The van der Waals surface area contributed by atoms with Crippen LogP contribution in [0.4, 0.5) is 4.79 Å². The van der Waals surface area contributed by atoms with Crippen LogP contribution in [0.5, 0.6) is 5.75 Å². The van der Waals surface area contributed by atoms with Crippen molar-refractivity contribution in [3.05, 3.63) is 136 Å². The molecule has 0 unspecified atom stereocenters. The number of halogens is 1. The topological polar surface area (TPSA) is 151 Å². The zero-order chi connectivity index (χ0) is 41.0. The number of nitrogens with one attached hydrogen (secondary N) is 5. The molecule has 0 aliphatic carbocycles. The number of amides is 4. The number of hydrogen-bond donors (Lipinski definition) is 5. The molecular formula is C45H52BrN5O6. The first kappa shape index (κ1) is 42.5.